The molecule has 1 unspecified atom stereocenters. The summed E-state index contributed by atoms with van der Waals surface area (Å²) in [6, 6.07) is 6.72. The van der Waals surface area contributed by atoms with Crippen LogP contribution in [-0.2, 0) is 29.6 Å². The van der Waals surface area contributed by atoms with E-state index in [-0.39, 0.29) is 10.5 Å². The van der Waals surface area contributed by atoms with E-state index in [2.05, 4.69) is 39.6 Å². The Morgan fingerprint density at radius 2 is 1.92 bits per heavy atom. The van der Waals surface area contributed by atoms with Crippen LogP contribution >= 0.6 is 11.3 Å². The van der Waals surface area contributed by atoms with E-state index < -0.39 is 35.3 Å². The van der Waals surface area contributed by atoms with Crippen molar-refractivity contribution in [1.29, 1.82) is 0 Å². The van der Waals surface area contributed by atoms with Crippen molar-refractivity contribution in [2.75, 3.05) is 6.54 Å². The van der Waals surface area contributed by atoms with Crippen LogP contribution in [0.2, 0.25) is 0 Å². The van der Waals surface area contributed by atoms with Crippen molar-refractivity contribution in [1.82, 2.24) is 13.9 Å². The molecule has 0 bridgehead atoms. The zero-order valence-electron chi connectivity index (χ0n) is 22.8. The molecule has 1 aromatic carbocycles. The van der Waals surface area contributed by atoms with Crippen LogP contribution in [-0.4, -0.2) is 46.0 Å². The summed E-state index contributed by atoms with van der Waals surface area (Å²) >= 11 is -1.47. The van der Waals surface area contributed by atoms with Gasteiger partial charge >= 0.3 is 6.09 Å². The highest BCUT2D eigenvalue weighted by Crippen LogP contribution is 2.40. The quantitative estimate of drug-likeness (QED) is 0.308. The van der Waals surface area contributed by atoms with Gasteiger partial charge in [-0.2, -0.15) is 4.31 Å². The number of thiophene rings is 1. The van der Waals surface area contributed by atoms with Crippen molar-refractivity contribution in [2.24, 2.45) is 5.92 Å². The van der Waals surface area contributed by atoms with Crippen LogP contribution in [0.3, 0.4) is 0 Å². The summed E-state index contributed by atoms with van der Waals surface area (Å²) < 4.78 is 44.7. The van der Waals surface area contributed by atoms with Crippen LogP contribution in [0.4, 0.5) is 9.18 Å². The molecule has 208 valence electrons. The average molecular weight is 566 g/mol. The molecule has 0 saturated carbocycles. The van der Waals surface area contributed by atoms with Crippen molar-refractivity contribution in [3.05, 3.63) is 58.7 Å². The normalized spacial score (nSPS) is 13.1. The van der Waals surface area contributed by atoms with E-state index in [1.54, 1.807) is 18.3 Å². The number of aromatic nitrogens is 2. The van der Waals surface area contributed by atoms with E-state index in [0.717, 1.165) is 10.7 Å². The molecule has 0 radical (unpaired) electrons. The Balaban J connectivity index is 1.94. The van der Waals surface area contributed by atoms with Crippen LogP contribution in [0.15, 0.2) is 36.7 Å². The Morgan fingerprint density at radius 3 is 2.47 bits per heavy atom. The summed E-state index contributed by atoms with van der Waals surface area (Å²) in [6.07, 6.45) is 3.16. The Hall–Kier alpha value is -2.60. The molecule has 2 heterocycles. The summed E-state index contributed by atoms with van der Waals surface area (Å²) in [6.45, 7) is 13.0. The topological polar surface area (TPSA) is 105 Å². The number of carbonyl (C=O) groups is 1. The number of ether oxygens (including phenoxy) is 1. The number of benzene rings is 1. The highest BCUT2D eigenvalue weighted by atomic mass is 32.2. The molecule has 0 spiro atoms. The molecule has 0 aliphatic heterocycles. The number of hydrogen-bond acceptors (Lipinski definition) is 6. The first-order chi connectivity index (χ1) is 17.5. The lowest BCUT2D eigenvalue weighted by Gasteiger charge is -2.24. The number of rotatable bonds is 9. The van der Waals surface area contributed by atoms with Gasteiger partial charge in [0, 0.05) is 33.8 Å². The first kappa shape index (κ1) is 29.9. The minimum atomic E-state index is -2.70. The summed E-state index contributed by atoms with van der Waals surface area (Å²) in [5.74, 6) is 0.765. The number of imidazole rings is 1. The summed E-state index contributed by atoms with van der Waals surface area (Å²) in [5.41, 5.74) is -0.102. The third kappa shape index (κ3) is 7.72. The summed E-state index contributed by atoms with van der Waals surface area (Å²) in [4.78, 5) is 18.2. The predicted octanol–water partition coefficient (Wildman–Crippen LogP) is 6.00. The van der Waals surface area contributed by atoms with Gasteiger partial charge in [0.2, 0.25) is 0 Å². The molecule has 3 rings (SSSR count). The van der Waals surface area contributed by atoms with Crippen molar-refractivity contribution >= 4 is 28.7 Å². The molecule has 8 nitrogen and oxygen atoms in total. The second-order valence-electron chi connectivity index (χ2n) is 11.4. The second-order valence-corrected chi connectivity index (χ2v) is 13.4. The Labute approximate surface area is 229 Å². The van der Waals surface area contributed by atoms with Gasteiger partial charge in [-0.3, -0.25) is 4.55 Å². The molecule has 2 N–H and O–H groups in total. The van der Waals surface area contributed by atoms with Gasteiger partial charge in [-0.15, -0.1) is 11.3 Å². The zero-order chi connectivity index (χ0) is 28.4. The van der Waals surface area contributed by atoms with Crippen LogP contribution in [0, 0.1) is 11.7 Å². The molecular weight excluding hydrogens is 529 g/mol. The van der Waals surface area contributed by atoms with E-state index in [1.165, 1.54) is 31.3 Å². The van der Waals surface area contributed by atoms with Gasteiger partial charge in [0.15, 0.2) is 5.06 Å². The van der Waals surface area contributed by atoms with E-state index in [1.807, 2.05) is 16.8 Å². The molecule has 0 saturated heterocycles. The van der Waals surface area contributed by atoms with Crippen LogP contribution in [0.1, 0.15) is 64.7 Å². The van der Waals surface area contributed by atoms with Crippen LogP contribution < -0.4 is 4.74 Å². The molecule has 11 heteroatoms. The molecule has 1 atom stereocenters. The number of carbonyl (C=O) groups excluding carboxylic acids is 1. The highest BCUT2D eigenvalue weighted by Gasteiger charge is 2.30. The molecule has 3 aromatic rings. The summed E-state index contributed by atoms with van der Waals surface area (Å²) in [7, 11) is 0. The number of nitrogens with zero attached hydrogens (tertiary/aromatic N) is 3. The Morgan fingerprint density at radius 1 is 1.24 bits per heavy atom. The molecule has 0 fully saturated rings. The minimum Gasteiger partial charge on any atom is -0.398 e. The third-order valence-electron chi connectivity index (χ3n) is 5.55. The van der Waals surface area contributed by atoms with Crippen LogP contribution in [0.5, 0.6) is 5.06 Å². The van der Waals surface area contributed by atoms with E-state index in [4.69, 9.17) is 4.74 Å². The molecule has 2 aromatic heterocycles. The second kappa shape index (κ2) is 11.6. The molecule has 0 aliphatic carbocycles. The fourth-order valence-corrected chi connectivity index (χ4v) is 5.80. The van der Waals surface area contributed by atoms with Gasteiger partial charge < -0.3 is 14.4 Å². The number of hydrogen-bond donors (Lipinski definition) is 2. The molecular formula is C27H36FN3O5S2. The SMILES string of the molecule is CC(C)Cc1cc(-c2ccc(Cn3ccnc3C(C)(C)C)c(F)c2)c(OC(=O)N(CC(C)(C)O)S(=O)O)s1. The first-order valence-electron chi connectivity index (χ1n) is 12.3. The Bertz CT molecular complexity index is 1300. The zero-order valence-corrected chi connectivity index (χ0v) is 24.5. The van der Waals surface area contributed by atoms with Gasteiger partial charge in [-0.25, -0.2) is 18.4 Å². The van der Waals surface area contributed by atoms with Crippen LogP contribution in [0.25, 0.3) is 11.1 Å². The van der Waals surface area contributed by atoms with Crippen molar-refractivity contribution < 1.29 is 27.8 Å². The van der Waals surface area contributed by atoms with Crippen molar-refractivity contribution in [3.63, 3.8) is 0 Å². The minimum absolute atomic E-state index is 0.189. The molecule has 38 heavy (non-hydrogen) atoms. The van der Waals surface area contributed by atoms with E-state index >= 15 is 4.39 Å². The molecule has 0 aliphatic rings. The first-order valence-corrected chi connectivity index (χ1v) is 14.2. The summed E-state index contributed by atoms with van der Waals surface area (Å²) in [5, 5.41) is 10.2. The van der Waals surface area contributed by atoms with Gasteiger partial charge in [0.1, 0.15) is 11.6 Å². The van der Waals surface area contributed by atoms with E-state index in [0.29, 0.717) is 39.9 Å². The monoisotopic (exact) mass is 565 g/mol. The maximum atomic E-state index is 15.3. The lowest BCUT2D eigenvalue weighted by atomic mass is 9.95. The number of aliphatic hydroxyl groups is 1. The Kier molecular flexibility index (Phi) is 9.18. The maximum absolute atomic E-state index is 15.3. The fraction of sp³-hybridized carbons (Fsp3) is 0.481. The fourth-order valence-electron chi connectivity index (χ4n) is 3.98. The smallest absolute Gasteiger partial charge is 0.398 e. The van der Waals surface area contributed by atoms with Gasteiger partial charge in [-0.05, 0) is 43.9 Å². The average Bonchev–Trinajstić information content (AvgIpc) is 3.39. The van der Waals surface area contributed by atoms with Gasteiger partial charge in [-0.1, -0.05) is 46.8 Å². The predicted molar refractivity (Wildman–Crippen MR) is 148 cm³/mol. The molecule has 1 amide bonds. The van der Waals surface area contributed by atoms with Gasteiger partial charge in [0.25, 0.3) is 11.3 Å². The number of amides is 1. The lowest BCUT2D eigenvalue weighted by Crippen LogP contribution is -2.44. The highest BCUT2D eigenvalue weighted by molar-refractivity contribution is 7.77. The lowest BCUT2D eigenvalue weighted by molar-refractivity contribution is 0.0589. The number of halogens is 1. The van der Waals surface area contributed by atoms with Crippen molar-refractivity contribution in [3.8, 4) is 16.2 Å². The van der Waals surface area contributed by atoms with E-state index in [9.17, 15) is 18.7 Å². The van der Waals surface area contributed by atoms with Crippen molar-refractivity contribution in [2.45, 2.75) is 72.4 Å². The largest absolute Gasteiger partial charge is 0.429 e. The standard InChI is InChI=1S/C27H36FN3O5S2/c1-17(2)12-20-14-21(23(37-20)36-25(32)31(38(34)35)16-27(6,7)33)18-8-9-19(22(28)13-18)15-30-11-10-29-24(30)26(3,4)5/h8-11,13-14,17,33H,12,15-16H2,1-7H3,(H,34,35). The maximum Gasteiger partial charge on any atom is 0.429 e. The van der Waals surface area contributed by atoms with Gasteiger partial charge in [0.05, 0.1) is 18.7 Å². The third-order valence-corrected chi connectivity index (χ3v) is 7.24.